The van der Waals surface area contributed by atoms with Crippen LogP contribution in [-0.2, 0) is 0 Å². The number of ether oxygens (including phenoxy) is 1. The molecule has 0 heterocycles. The summed E-state index contributed by atoms with van der Waals surface area (Å²) in [6, 6.07) is 4.40. The van der Waals surface area contributed by atoms with Gasteiger partial charge in [-0.25, -0.2) is 4.39 Å². The highest BCUT2D eigenvalue weighted by Gasteiger charge is 2.06. The minimum atomic E-state index is -0.648. The molecule has 1 N–H and O–H groups in total. The van der Waals surface area contributed by atoms with Crippen LogP contribution < -0.4 is 4.74 Å². The summed E-state index contributed by atoms with van der Waals surface area (Å²) in [5.74, 6) is -0.254. The SMILES string of the molecule is COc1ccc([C@@H](C)O)cc1F. The number of aliphatic hydroxyl groups is 1. The number of methoxy groups -OCH3 is 1. The lowest BCUT2D eigenvalue weighted by molar-refractivity contribution is 0.198. The average molecular weight is 170 g/mol. The van der Waals surface area contributed by atoms with Crippen LogP contribution in [0.25, 0.3) is 0 Å². The summed E-state index contributed by atoms with van der Waals surface area (Å²) in [7, 11) is 1.40. The molecular weight excluding hydrogens is 159 g/mol. The van der Waals surface area contributed by atoms with Gasteiger partial charge in [0.2, 0.25) is 0 Å². The normalized spacial score (nSPS) is 12.7. The zero-order chi connectivity index (χ0) is 9.14. The molecule has 0 saturated heterocycles. The van der Waals surface area contributed by atoms with E-state index < -0.39 is 11.9 Å². The second-order valence-electron chi connectivity index (χ2n) is 2.57. The van der Waals surface area contributed by atoms with Crippen molar-refractivity contribution < 1.29 is 14.2 Å². The van der Waals surface area contributed by atoms with Gasteiger partial charge in [0.25, 0.3) is 0 Å². The second-order valence-corrected chi connectivity index (χ2v) is 2.57. The zero-order valence-electron chi connectivity index (χ0n) is 7.04. The van der Waals surface area contributed by atoms with E-state index in [1.165, 1.54) is 19.2 Å². The molecule has 1 aromatic rings. The molecule has 0 aliphatic heterocycles. The topological polar surface area (TPSA) is 29.5 Å². The van der Waals surface area contributed by atoms with Crippen LogP contribution in [0.3, 0.4) is 0 Å². The molecule has 1 rings (SSSR count). The molecule has 0 unspecified atom stereocenters. The molecule has 0 radical (unpaired) electrons. The van der Waals surface area contributed by atoms with Gasteiger partial charge in [0.1, 0.15) is 0 Å². The fourth-order valence-corrected chi connectivity index (χ4v) is 0.942. The van der Waals surface area contributed by atoms with Crippen LogP contribution in [0.4, 0.5) is 4.39 Å². The summed E-state index contributed by atoms with van der Waals surface area (Å²) in [6.45, 7) is 1.58. The highest BCUT2D eigenvalue weighted by atomic mass is 19.1. The summed E-state index contributed by atoms with van der Waals surface area (Å²) in [5, 5.41) is 9.10. The van der Waals surface area contributed by atoms with Crippen molar-refractivity contribution in [2.45, 2.75) is 13.0 Å². The molecule has 0 aliphatic rings. The minimum Gasteiger partial charge on any atom is -0.494 e. The Kier molecular flexibility index (Phi) is 2.65. The van der Waals surface area contributed by atoms with E-state index >= 15 is 0 Å². The summed E-state index contributed by atoms with van der Waals surface area (Å²) < 4.78 is 17.7. The smallest absolute Gasteiger partial charge is 0.165 e. The lowest BCUT2D eigenvalue weighted by atomic mass is 10.1. The lowest BCUT2D eigenvalue weighted by Crippen LogP contribution is -1.94. The number of hydrogen-bond donors (Lipinski definition) is 1. The maximum absolute atomic E-state index is 13.0. The molecule has 12 heavy (non-hydrogen) atoms. The van der Waals surface area contributed by atoms with Gasteiger partial charge < -0.3 is 9.84 Å². The number of aliphatic hydroxyl groups excluding tert-OH is 1. The van der Waals surface area contributed by atoms with Crippen molar-refractivity contribution in [2.24, 2.45) is 0 Å². The summed E-state index contributed by atoms with van der Waals surface area (Å²) in [4.78, 5) is 0. The highest BCUT2D eigenvalue weighted by molar-refractivity contribution is 5.30. The quantitative estimate of drug-likeness (QED) is 0.734. The lowest BCUT2D eigenvalue weighted by Gasteiger charge is -2.06. The van der Waals surface area contributed by atoms with Gasteiger partial charge >= 0.3 is 0 Å². The van der Waals surface area contributed by atoms with Crippen LogP contribution in [0, 0.1) is 5.82 Å². The summed E-state index contributed by atoms with van der Waals surface area (Å²) >= 11 is 0. The highest BCUT2D eigenvalue weighted by Crippen LogP contribution is 2.21. The van der Waals surface area contributed by atoms with Crippen LogP contribution in [-0.4, -0.2) is 12.2 Å². The maximum Gasteiger partial charge on any atom is 0.165 e. The fourth-order valence-electron chi connectivity index (χ4n) is 0.942. The fraction of sp³-hybridized carbons (Fsp3) is 0.333. The molecular formula is C9H11FO2. The first kappa shape index (κ1) is 9.00. The van der Waals surface area contributed by atoms with E-state index in [0.717, 1.165) is 0 Å². The molecule has 0 saturated carbocycles. The van der Waals surface area contributed by atoms with E-state index in [-0.39, 0.29) is 5.75 Å². The minimum absolute atomic E-state index is 0.194. The molecule has 66 valence electrons. The van der Waals surface area contributed by atoms with E-state index in [0.29, 0.717) is 5.56 Å². The van der Waals surface area contributed by atoms with Gasteiger partial charge in [0, 0.05) is 0 Å². The third kappa shape index (κ3) is 1.74. The molecule has 0 bridgehead atoms. The van der Waals surface area contributed by atoms with Gasteiger partial charge in [0.05, 0.1) is 13.2 Å². The zero-order valence-corrected chi connectivity index (χ0v) is 7.04. The van der Waals surface area contributed by atoms with Crippen molar-refractivity contribution in [1.29, 1.82) is 0 Å². The monoisotopic (exact) mass is 170 g/mol. The number of halogens is 1. The van der Waals surface area contributed by atoms with E-state index in [4.69, 9.17) is 9.84 Å². The number of benzene rings is 1. The van der Waals surface area contributed by atoms with E-state index in [9.17, 15) is 4.39 Å². The van der Waals surface area contributed by atoms with Gasteiger partial charge in [-0.1, -0.05) is 6.07 Å². The van der Waals surface area contributed by atoms with Crippen molar-refractivity contribution in [2.75, 3.05) is 7.11 Å². The maximum atomic E-state index is 13.0. The Morgan fingerprint density at radius 2 is 2.17 bits per heavy atom. The van der Waals surface area contributed by atoms with Gasteiger partial charge in [-0.3, -0.25) is 0 Å². The molecule has 0 spiro atoms. The Labute approximate surface area is 70.6 Å². The summed E-state index contributed by atoms with van der Waals surface area (Å²) in [6.07, 6.45) is -0.648. The Morgan fingerprint density at radius 3 is 2.58 bits per heavy atom. The molecule has 1 atom stereocenters. The second kappa shape index (κ2) is 3.54. The Hall–Kier alpha value is -1.09. The Bertz CT molecular complexity index is 271. The van der Waals surface area contributed by atoms with Gasteiger partial charge in [0.15, 0.2) is 11.6 Å². The van der Waals surface area contributed by atoms with Crippen LogP contribution in [0.5, 0.6) is 5.75 Å². The summed E-state index contributed by atoms with van der Waals surface area (Å²) in [5.41, 5.74) is 0.549. The first-order valence-electron chi connectivity index (χ1n) is 3.66. The van der Waals surface area contributed by atoms with Crippen LogP contribution in [0.15, 0.2) is 18.2 Å². The predicted molar refractivity (Wildman–Crippen MR) is 43.6 cm³/mol. The van der Waals surface area contributed by atoms with Crippen molar-refractivity contribution in [3.05, 3.63) is 29.6 Å². The first-order valence-corrected chi connectivity index (χ1v) is 3.66. The molecule has 0 aliphatic carbocycles. The third-order valence-electron chi connectivity index (χ3n) is 1.66. The molecule has 2 nitrogen and oxygen atoms in total. The Balaban J connectivity index is 3.02. The van der Waals surface area contributed by atoms with Crippen molar-refractivity contribution >= 4 is 0 Å². The van der Waals surface area contributed by atoms with Crippen molar-refractivity contribution in [3.8, 4) is 5.75 Å². The number of hydrogen-bond acceptors (Lipinski definition) is 2. The van der Waals surface area contributed by atoms with E-state index in [1.54, 1.807) is 13.0 Å². The first-order chi connectivity index (χ1) is 5.65. The van der Waals surface area contributed by atoms with Crippen LogP contribution in [0.1, 0.15) is 18.6 Å². The van der Waals surface area contributed by atoms with Gasteiger partial charge in [-0.05, 0) is 24.6 Å². The van der Waals surface area contributed by atoms with Crippen LogP contribution >= 0.6 is 0 Å². The van der Waals surface area contributed by atoms with Crippen LogP contribution in [0.2, 0.25) is 0 Å². The van der Waals surface area contributed by atoms with Gasteiger partial charge in [-0.15, -0.1) is 0 Å². The third-order valence-corrected chi connectivity index (χ3v) is 1.66. The van der Waals surface area contributed by atoms with Crippen molar-refractivity contribution in [3.63, 3.8) is 0 Å². The molecule has 0 aromatic heterocycles. The van der Waals surface area contributed by atoms with Crippen molar-refractivity contribution in [1.82, 2.24) is 0 Å². The molecule has 3 heteroatoms. The van der Waals surface area contributed by atoms with E-state index in [1.807, 2.05) is 0 Å². The molecule has 1 aromatic carbocycles. The average Bonchev–Trinajstić information content (AvgIpc) is 2.04. The molecule has 0 fully saturated rings. The van der Waals surface area contributed by atoms with E-state index in [2.05, 4.69) is 0 Å². The van der Waals surface area contributed by atoms with Gasteiger partial charge in [-0.2, -0.15) is 0 Å². The largest absolute Gasteiger partial charge is 0.494 e. The standard InChI is InChI=1S/C9H11FO2/c1-6(11)7-3-4-9(12-2)8(10)5-7/h3-6,11H,1-2H3/t6-/m1/s1. The predicted octanol–water partition coefficient (Wildman–Crippen LogP) is 1.89. The molecule has 0 amide bonds. The Morgan fingerprint density at radius 1 is 1.50 bits per heavy atom. The number of rotatable bonds is 2.